The van der Waals surface area contributed by atoms with E-state index in [4.69, 9.17) is 0 Å². The molecule has 0 unspecified atom stereocenters. The Morgan fingerprint density at radius 2 is 1.74 bits per heavy atom. The van der Waals surface area contributed by atoms with Gasteiger partial charge in [0.2, 0.25) is 15.9 Å². The van der Waals surface area contributed by atoms with Crippen LogP contribution in [0.1, 0.15) is 12.8 Å². The first-order chi connectivity index (χ1) is 10.9. The second kappa shape index (κ2) is 6.29. The fraction of sp³-hybridized carbons (Fsp3) is 0.353. The molecule has 0 atom stereocenters. The van der Waals surface area contributed by atoms with Crippen molar-refractivity contribution in [3.63, 3.8) is 0 Å². The summed E-state index contributed by atoms with van der Waals surface area (Å²) >= 11 is 0. The fourth-order valence-electron chi connectivity index (χ4n) is 3.02. The fourth-order valence-corrected chi connectivity index (χ4v) is 3.89. The van der Waals surface area contributed by atoms with E-state index in [1.54, 1.807) is 0 Å². The lowest BCUT2D eigenvalue weighted by molar-refractivity contribution is -0.120. The minimum absolute atomic E-state index is 0.0329. The summed E-state index contributed by atoms with van der Waals surface area (Å²) < 4.78 is 24.5. The first-order valence-electron chi connectivity index (χ1n) is 7.69. The number of piperidine rings is 1. The first-order valence-corrected chi connectivity index (χ1v) is 9.54. The van der Waals surface area contributed by atoms with Crippen LogP contribution in [0, 0.1) is 5.92 Å². The van der Waals surface area contributed by atoms with Gasteiger partial charge in [-0.25, -0.2) is 12.7 Å². The van der Waals surface area contributed by atoms with Crippen molar-refractivity contribution in [3.8, 4) is 0 Å². The molecule has 1 aliphatic rings. The standard InChI is InChI=1S/C17H20N2O3S/c1-23(21,22)19-11-9-14(10-12-19)17(20)18-16-8-4-6-13-5-2-3-7-15(13)16/h2-8,14H,9-12H2,1H3,(H,18,20). The van der Waals surface area contributed by atoms with E-state index in [-0.39, 0.29) is 11.8 Å². The van der Waals surface area contributed by atoms with E-state index in [1.807, 2.05) is 42.5 Å². The molecule has 0 saturated carbocycles. The Kier molecular flexibility index (Phi) is 4.37. The van der Waals surface area contributed by atoms with Crippen LogP contribution >= 0.6 is 0 Å². The highest BCUT2D eigenvalue weighted by Crippen LogP contribution is 2.25. The highest BCUT2D eigenvalue weighted by Gasteiger charge is 2.29. The third-order valence-electron chi connectivity index (χ3n) is 4.34. The van der Waals surface area contributed by atoms with Crippen LogP contribution in [-0.4, -0.2) is 38.0 Å². The van der Waals surface area contributed by atoms with Crippen molar-refractivity contribution < 1.29 is 13.2 Å². The lowest BCUT2D eigenvalue weighted by Crippen LogP contribution is -2.40. The Morgan fingerprint density at radius 3 is 2.43 bits per heavy atom. The van der Waals surface area contributed by atoms with Gasteiger partial charge in [0.1, 0.15) is 0 Å². The minimum atomic E-state index is -3.16. The smallest absolute Gasteiger partial charge is 0.227 e. The van der Waals surface area contributed by atoms with Crippen LogP contribution in [0.5, 0.6) is 0 Å². The van der Waals surface area contributed by atoms with E-state index in [2.05, 4.69) is 5.32 Å². The summed E-state index contributed by atoms with van der Waals surface area (Å²) in [7, 11) is -3.16. The average molecular weight is 332 g/mol. The van der Waals surface area contributed by atoms with Gasteiger partial charge in [0.15, 0.2) is 0 Å². The molecule has 2 aromatic carbocycles. The maximum atomic E-state index is 12.5. The van der Waals surface area contributed by atoms with Gasteiger partial charge in [-0.2, -0.15) is 0 Å². The number of fused-ring (bicyclic) bond motifs is 1. The normalized spacial score (nSPS) is 17.3. The predicted octanol–water partition coefficient (Wildman–Crippen LogP) is 2.45. The summed E-state index contributed by atoms with van der Waals surface area (Å²) in [5.74, 6) is -0.179. The van der Waals surface area contributed by atoms with Crippen molar-refractivity contribution >= 4 is 32.4 Å². The van der Waals surface area contributed by atoms with Crippen LogP contribution in [0.25, 0.3) is 10.8 Å². The van der Waals surface area contributed by atoms with Gasteiger partial charge in [-0.1, -0.05) is 36.4 Å². The zero-order chi connectivity index (χ0) is 16.4. The van der Waals surface area contributed by atoms with E-state index in [0.29, 0.717) is 25.9 Å². The van der Waals surface area contributed by atoms with Gasteiger partial charge in [-0.15, -0.1) is 0 Å². The molecule has 0 aliphatic carbocycles. The van der Waals surface area contributed by atoms with Crippen molar-refractivity contribution in [2.75, 3.05) is 24.7 Å². The number of sulfonamides is 1. The number of carbonyl (C=O) groups is 1. The summed E-state index contributed by atoms with van der Waals surface area (Å²) in [4.78, 5) is 12.5. The maximum absolute atomic E-state index is 12.5. The molecule has 3 rings (SSSR count). The summed E-state index contributed by atoms with van der Waals surface area (Å²) in [6.45, 7) is 0.818. The van der Waals surface area contributed by atoms with E-state index in [0.717, 1.165) is 16.5 Å². The van der Waals surface area contributed by atoms with Gasteiger partial charge in [0.25, 0.3) is 0 Å². The first kappa shape index (κ1) is 16.0. The van der Waals surface area contributed by atoms with Crippen molar-refractivity contribution in [2.45, 2.75) is 12.8 Å². The van der Waals surface area contributed by atoms with Gasteiger partial charge in [-0.05, 0) is 24.3 Å². The van der Waals surface area contributed by atoms with Gasteiger partial charge < -0.3 is 5.32 Å². The quantitative estimate of drug-likeness (QED) is 0.939. The molecule has 1 aliphatic heterocycles. The third kappa shape index (κ3) is 3.54. The van der Waals surface area contributed by atoms with Crippen LogP contribution in [0.2, 0.25) is 0 Å². The Labute approximate surface area is 136 Å². The number of anilines is 1. The molecule has 0 bridgehead atoms. The molecule has 122 valence electrons. The second-order valence-corrected chi connectivity index (χ2v) is 7.93. The number of benzene rings is 2. The van der Waals surface area contributed by atoms with E-state index < -0.39 is 10.0 Å². The Hall–Kier alpha value is -1.92. The highest BCUT2D eigenvalue weighted by molar-refractivity contribution is 7.88. The summed E-state index contributed by atoms with van der Waals surface area (Å²) in [6, 6.07) is 13.7. The number of carbonyl (C=O) groups excluding carboxylic acids is 1. The molecule has 23 heavy (non-hydrogen) atoms. The zero-order valence-electron chi connectivity index (χ0n) is 13.0. The van der Waals surface area contributed by atoms with Crippen LogP contribution < -0.4 is 5.32 Å². The van der Waals surface area contributed by atoms with Crippen LogP contribution in [-0.2, 0) is 14.8 Å². The number of amides is 1. The van der Waals surface area contributed by atoms with E-state index in [9.17, 15) is 13.2 Å². The number of hydrogen-bond acceptors (Lipinski definition) is 3. The second-order valence-electron chi connectivity index (χ2n) is 5.95. The molecule has 5 nitrogen and oxygen atoms in total. The number of rotatable bonds is 3. The number of hydrogen-bond donors (Lipinski definition) is 1. The molecule has 1 heterocycles. The van der Waals surface area contributed by atoms with Crippen molar-refractivity contribution in [2.24, 2.45) is 5.92 Å². The number of nitrogens with zero attached hydrogens (tertiary/aromatic N) is 1. The van der Waals surface area contributed by atoms with Crippen LogP contribution in [0.15, 0.2) is 42.5 Å². The molecular weight excluding hydrogens is 312 g/mol. The largest absolute Gasteiger partial charge is 0.325 e. The molecule has 1 fully saturated rings. The van der Waals surface area contributed by atoms with E-state index in [1.165, 1.54) is 10.6 Å². The topological polar surface area (TPSA) is 66.5 Å². The molecule has 6 heteroatoms. The lowest BCUT2D eigenvalue weighted by atomic mass is 9.97. The summed E-state index contributed by atoms with van der Waals surface area (Å²) in [5, 5.41) is 5.09. The van der Waals surface area contributed by atoms with Crippen LogP contribution in [0.4, 0.5) is 5.69 Å². The molecule has 1 N–H and O–H groups in total. The Balaban J connectivity index is 1.70. The van der Waals surface area contributed by atoms with Crippen molar-refractivity contribution in [1.82, 2.24) is 4.31 Å². The molecule has 0 radical (unpaired) electrons. The minimum Gasteiger partial charge on any atom is -0.325 e. The molecule has 0 spiro atoms. The molecule has 1 saturated heterocycles. The Morgan fingerprint density at radius 1 is 1.09 bits per heavy atom. The third-order valence-corrected chi connectivity index (χ3v) is 5.64. The number of nitrogens with one attached hydrogen (secondary N) is 1. The predicted molar refractivity (Wildman–Crippen MR) is 91.7 cm³/mol. The summed E-state index contributed by atoms with van der Waals surface area (Å²) in [6.07, 6.45) is 2.33. The SMILES string of the molecule is CS(=O)(=O)N1CCC(C(=O)Nc2cccc3ccccc23)CC1. The molecule has 0 aromatic heterocycles. The van der Waals surface area contributed by atoms with Gasteiger partial charge in [0.05, 0.1) is 6.26 Å². The Bertz CT molecular complexity index is 819. The molecular formula is C17H20N2O3S. The monoisotopic (exact) mass is 332 g/mol. The summed E-state index contributed by atoms with van der Waals surface area (Å²) in [5.41, 5.74) is 0.804. The maximum Gasteiger partial charge on any atom is 0.227 e. The average Bonchev–Trinajstić information content (AvgIpc) is 2.54. The van der Waals surface area contributed by atoms with Gasteiger partial charge in [0, 0.05) is 30.1 Å². The van der Waals surface area contributed by atoms with Crippen LogP contribution in [0.3, 0.4) is 0 Å². The van der Waals surface area contributed by atoms with Crippen molar-refractivity contribution in [3.05, 3.63) is 42.5 Å². The molecule has 1 amide bonds. The highest BCUT2D eigenvalue weighted by atomic mass is 32.2. The zero-order valence-corrected chi connectivity index (χ0v) is 13.8. The molecule has 2 aromatic rings. The van der Waals surface area contributed by atoms with Crippen molar-refractivity contribution in [1.29, 1.82) is 0 Å². The van der Waals surface area contributed by atoms with Gasteiger partial charge in [-0.3, -0.25) is 4.79 Å². The van der Waals surface area contributed by atoms with Gasteiger partial charge >= 0.3 is 0 Å². The van der Waals surface area contributed by atoms with E-state index >= 15 is 0 Å². The lowest BCUT2D eigenvalue weighted by Gasteiger charge is -2.29.